The number of rotatable bonds is 4. The van der Waals surface area contributed by atoms with Gasteiger partial charge in [0.25, 0.3) is 0 Å². The minimum Gasteiger partial charge on any atom is -0.462 e. The molecular weight excluding hydrogens is 278 g/mol. The van der Waals surface area contributed by atoms with Crippen molar-refractivity contribution < 1.29 is 19.1 Å². The van der Waals surface area contributed by atoms with Gasteiger partial charge in [-0.25, -0.2) is 4.79 Å². The molecule has 0 aliphatic carbocycles. The first-order valence-electron chi connectivity index (χ1n) is 6.70. The Morgan fingerprint density at radius 2 is 2.20 bits per heavy atom. The quantitative estimate of drug-likeness (QED) is 0.867. The number of nitrogens with one attached hydrogen (secondary N) is 1. The summed E-state index contributed by atoms with van der Waals surface area (Å²) >= 11 is 1.41. The van der Waals surface area contributed by atoms with Crippen LogP contribution in [0.4, 0.5) is 5.00 Å². The number of anilines is 1. The Morgan fingerprint density at radius 1 is 1.45 bits per heavy atom. The molecule has 2 rings (SSSR count). The summed E-state index contributed by atoms with van der Waals surface area (Å²) in [7, 11) is 0. The van der Waals surface area contributed by atoms with Crippen LogP contribution >= 0.6 is 11.3 Å². The van der Waals surface area contributed by atoms with E-state index in [1.807, 2.05) is 13.8 Å². The molecule has 1 N–H and O–H groups in total. The third-order valence-electron chi connectivity index (χ3n) is 3.40. The van der Waals surface area contributed by atoms with Gasteiger partial charge in [0.15, 0.2) is 0 Å². The number of carbonyl (C=O) groups is 2. The maximum Gasteiger partial charge on any atom is 0.341 e. The van der Waals surface area contributed by atoms with Gasteiger partial charge in [-0.1, -0.05) is 0 Å². The summed E-state index contributed by atoms with van der Waals surface area (Å²) in [5.74, 6) is -0.602. The van der Waals surface area contributed by atoms with E-state index in [-0.39, 0.29) is 17.8 Å². The summed E-state index contributed by atoms with van der Waals surface area (Å²) in [6.45, 7) is 6.94. The van der Waals surface area contributed by atoms with Crippen LogP contribution in [-0.2, 0) is 14.3 Å². The number of thiophene rings is 1. The van der Waals surface area contributed by atoms with Crippen LogP contribution in [0, 0.1) is 19.8 Å². The lowest BCUT2D eigenvalue weighted by molar-refractivity contribution is -0.119. The monoisotopic (exact) mass is 297 g/mol. The molecule has 20 heavy (non-hydrogen) atoms. The van der Waals surface area contributed by atoms with Crippen molar-refractivity contribution in [2.24, 2.45) is 5.92 Å². The lowest BCUT2D eigenvalue weighted by Crippen LogP contribution is -2.23. The molecule has 1 unspecified atom stereocenters. The van der Waals surface area contributed by atoms with Crippen LogP contribution in [0.2, 0.25) is 0 Å². The molecule has 1 aliphatic rings. The number of aryl methyl sites for hydroxylation is 1. The molecule has 1 aromatic heterocycles. The number of amides is 1. The van der Waals surface area contributed by atoms with Gasteiger partial charge in [0.05, 0.1) is 24.7 Å². The highest BCUT2D eigenvalue weighted by atomic mass is 32.1. The molecule has 5 nitrogen and oxygen atoms in total. The molecule has 2 heterocycles. The van der Waals surface area contributed by atoms with Crippen molar-refractivity contribution in [3.8, 4) is 0 Å². The molecule has 0 spiro atoms. The number of ether oxygens (including phenoxy) is 2. The van der Waals surface area contributed by atoms with E-state index >= 15 is 0 Å². The van der Waals surface area contributed by atoms with E-state index in [0.717, 1.165) is 16.9 Å². The minimum atomic E-state index is -0.382. The Morgan fingerprint density at radius 3 is 2.80 bits per heavy atom. The topological polar surface area (TPSA) is 64.6 Å². The van der Waals surface area contributed by atoms with Gasteiger partial charge in [-0.15, -0.1) is 11.3 Å². The molecule has 1 atom stereocenters. The average Bonchev–Trinajstić information content (AvgIpc) is 3.00. The second-order valence-electron chi connectivity index (χ2n) is 4.76. The Hall–Kier alpha value is -1.40. The van der Waals surface area contributed by atoms with Gasteiger partial charge in [0.2, 0.25) is 5.91 Å². The van der Waals surface area contributed by atoms with Crippen LogP contribution in [0.1, 0.15) is 34.1 Å². The summed E-state index contributed by atoms with van der Waals surface area (Å²) in [6.07, 6.45) is 0.726. The Labute approximate surface area is 122 Å². The fourth-order valence-corrected chi connectivity index (χ4v) is 3.17. The highest BCUT2D eigenvalue weighted by Gasteiger charge is 2.27. The summed E-state index contributed by atoms with van der Waals surface area (Å²) in [6, 6.07) is 0. The minimum absolute atomic E-state index is 0.0886. The molecule has 1 saturated heterocycles. The van der Waals surface area contributed by atoms with Crippen molar-refractivity contribution in [2.75, 3.05) is 25.1 Å². The van der Waals surface area contributed by atoms with Crippen LogP contribution in [0.25, 0.3) is 0 Å². The van der Waals surface area contributed by atoms with Gasteiger partial charge < -0.3 is 14.8 Å². The Balaban J connectivity index is 2.20. The molecule has 0 saturated carbocycles. The number of carbonyl (C=O) groups excluding carboxylic acids is 2. The van der Waals surface area contributed by atoms with E-state index in [0.29, 0.717) is 30.4 Å². The molecule has 1 aliphatic heterocycles. The summed E-state index contributed by atoms with van der Waals surface area (Å²) in [5.41, 5.74) is 1.34. The predicted molar refractivity (Wildman–Crippen MR) is 77.3 cm³/mol. The summed E-state index contributed by atoms with van der Waals surface area (Å²) in [4.78, 5) is 25.1. The van der Waals surface area contributed by atoms with E-state index in [9.17, 15) is 9.59 Å². The lowest BCUT2D eigenvalue weighted by Gasteiger charge is -2.10. The van der Waals surface area contributed by atoms with Crippen LogP contribution in [0.3, 0.4) is 0 Å². The third-order valence-corrected chi connectivity index (χ3v) is 4.52. The molecular formula is C14H19NO4S. The normalized spacial score (nSPS) is 18.1. The van der Waals surface area contributed by atoms with Gasteiger partial charge in [0.1, 0.15) is 5.00 Å². The fraction of sp³-hybridized carbons (Fsp3) is 0.571. The van der Waals surface area contributed by atoms with Crippen molar-refractivity contribution in [1.29, 1.82) is 0 Å². The molecule has 1 amide bonds. The van der Waals surface area contributed by atoms with E-state index < -0.39 is 0 Å². The highest BCUT2D eigenvalue weighted by molar-refractivity contribution is 7.16. The van der Waals surface area contributed by atoms with Gasteiger partial charge in [-0.2, -0.15) is 0 Å². The number of hydrogen-bond donors (Lipinski definition) is 1. The molecule has 0 aromatic carbocycles. The van der Waals surface area contributed by atoms with E-state index in [1.165, 1.54) is 11.3 Å². The van der Waals surface area contributed by atoms with Crippen molar-refractivity contribution in [2.45, 2.75) is 27.2 Å². The smallest absolute Gasteiger partial charge is 0.341 e. The maximum atomic E-state index is 12.1. The lowest BCUT2D eigenvalue weighted by atomic mass is 10.1. The molecule has 1 fully saturated rings. The van der Waals surface area contributed by atoms with Gasteiger partial charge in [-0.05, 0) is 32.8 Å². The molecule has 0 bridgehead atoms. The maximum absolute atomic E-state index is 12.1. The fourth-order valence-electron chi connectivity index (χ4n) is 2.12. The first-order valence-corrected chi connectivity index (χ1v) is 7.52. The first-order chi connectivity index (χ1) is 9.54. The van der Waals surface area contributed by atoms with E-state index in [4.69, 9.17) is 9.47 Å². The number of esters is 1. The largest absolute Gasteiger partial charge is 0.462 e. The first kappa shape index (κ1) is 15.0. The van der Waals surface area contributed by atoms with Crippen molar-refractivity contribution in [3.63, 3.8) is 0 Å². The SMILES string of the molecule is CCOC(=O)c1c(NC(=O)C2CCOC2)sc(C)c1C. The van der Waals surface area contributed by atoms with E-state index in [1.54, 1.807) is 6.92 Å². The standard InChI is InChI=1S/C14H19NO4S/c1-4-19-14(17)11-8(2)9(3)20-13(11)15-12(16)10-5-6-18-7-10/h10H,4-7H2,1-3H3,(H,15,16). The van der Waals surface area contributed by atoms with Crippen molar-refractivity contribution >= 4 is 28.2 Å². The van der Waals surface area contributed by atoms with Crippen LogP contribution in [-0.4, -0.2) is 31.7 Å². The van der Waals surface area contributed by atoms with Crippen molar-refractivity contribution in [3.05, 3.63) is 16.0 Å². The zero-order valence-electron chi connectivity index (χ0n) is 11.9. The molecule has 1 aromatic rings. The number of hydrogen-bond acceptors (Lipinski definition) is 5. The second-order valence-corrected chi connectivity index (χ2v) is 5.98. The second kappa shape index (κ2) is 6.37. The summed E-state index contributed by atoms with van der Waals surface area (Å²) in [5, 5.41) is 3.43. The average molecular weight is 297 g/mol. The van der Waals surface area contributed by atoms with E-state index in [2.05, 4.69) is 5.32 Å². The van der Waals surface area contributed by atoms with Crippen LogP contribution in [0.15, 0.2) is 0 Å². The van der Waals surface area contributed by atoms with Crippen LogP contribution < -0.4 is 5.32 Å². The zero-order chi connectivity index (χ0) is 14.7. The zero-order valence-corrected chi connectivity index (χ0v) is 12.8. The predicted octanol–water partition coefficient (Wildman–Crippen LogP) is 2.52. The van der Waals surface area contributed by atoms with Gasteiger partial charge in [0, 0.05) is 11.5 Å². The van der Waals surface area contributed by atoms with Gasteiger partial charge >= 0.3 is 5.97 Å². The van der Waals surface area contributed by atoms with Crippen molar-refractivity contribution in [1.82, 2.24) is 0 Å². The Bertz CT molecular complexity index is 517. The highest BCUT2D eigenvalue weighted by Crippen LogP contribution is 2.33. The molecule has 6 heteroatoms. The van der Waals surface area contributed by atoms with Gasteiger partial charge in [-0.3, -0.25) is 4.79 Å². The third kappa shape index (κ3) is 3.02. The van der Waals surface area contributed by atoms with Crippen LogP contribution in [0.5, 0.6) is 0 Å². The Kier molecular flexibility index (Phi) is 4.77. The molecule has 110 valence electrons. The molecule has 0 radical (unpaired) electrons. The summed E-state index contributed by atoms with van der Waals surface area (Å²) < 4.78 is 10.3.